The third kappa shape index (κ3) is 7.13. The molecule has 0 spiro atoms. The molecule has 2 atom stereocenters. The Morgan fingerprint density at radius 1 is 1.04 bits per heavy atom. The largest absolute Gasteiger partial charge is 0.509 e. The number of aliphatic hydroxyl groups excluding tert-OH is 1. The maximum Gasteiger partial charge on any atom is 0.261 e. The molecular weight excluding hydrogens is 326 g/mol. The smallest absolute Gasteiger partial charge is 0.261 e. The van der Waals surface area contributed by atoms with E-state index in [0.29, 0.717) is 12.3 Å². The quantitative estimate of drug-likeness (QED) is 0.323. The molecule has 1 heterocycles. The van der Waals surface area contributed by atoms with Crippen LogP contribution in [0, 0.1) is 5.92 Å². The van der Waals surface area contributed by atoms with E-state index >= 15 is 0 Å². The molecule has 4 heteroatoms. The molecule has 0 bridgehead atoms. The highest BCUT2D eigenvalue weighted by Crippen LogP contribution is 2.25. The number of nitrogens with zero attached hydrogens (tertiary/aromatic N) is 1. The van der Waals surface area contributed by atoms with Gasteiger partial charge in [0.25, 0.3) is 5.91 Å². The normalized spacial score (nSPS) is 18.7. The van der Waals surface area contributed by atoms with E-state index in [1.807, 2.05) is 0 Å². The summed E-state index contributed by atoms with van der Waals surface area (Å²) in [5, 5.41) is 10.0. The van der Waals surface area contributed by atoms with Crippen molar-refractivity contribution in [1.29, 1.82) is 0 Å². The van der Waals surface area contributed by atoms with Crippen LogP contribution in [0.4, 0.5) is 0 Å². The molecule has 150 valence electrons. The lowest BCUT2D eigenvalue weighted by atomic mass is 9.95. The molecule has 1 amide bonds. The lowest BCUT2D eigenvalue weighted by Crippen LogP contribution is -2.30. The number of aliphatic hydroxyl groups is 1. The van der Waals surface area contributed by atoms with Crippen LogP contribution in [-0.2, 0) is 9.59 Å². The maximum atomic E-state index is 12.3. The van der Waals surface area contributed by atoms with Gasteiger partial charge >= 0.3 is 0 Å². The Morgan fingerprint density at radius 3 is 2.12 bits per heavy atom. The molecule has 0 fully saturated rings. The number of carbonyl (C=O) groups is 2. The summed E-state index contributed by atoms with van der Waals surface area (Å²) in [5.74, 6) is 0.00999. The number of hydrogen-bond acceptors (Lipinski definition) is 3. The van der Waals surface area contributed by atoms with Crippen LogP contribution in [-0.4, -0.2) is 34.8 Å². The first-order valence-corrected chi connectivity index (χ1v) is 10.6. The van der Waals surface area contributed by atoms with Gasteiger partial charge in [-0.2, -0.15) is 0 Å². The Kier molecular flexibility index (Phi) is 10.6. The molecule has 0 radical (unpaired) electrons. The minimum absolute atomic E-state index is 0.00993. The van der Waals surface area contributed by atoms with Crippen LogP contribution >= 0.6 is 0 Å². The van der Waals surface area contributed by atoms with E-state index in [1.54, 1.807) is 14.0 Å². The van der Waals surface area contributed by atoms with E-state index in [1.165, 1.54) is 62.7 Å². The molecule has 0 aromatic carbocycles. The Labute approximate surface area is 160 Å². The van der Waals surface area contributed by atoms with Gasteiger partial charge in [-0.1, -0.05) is 78.1 Å². The Hall–Kier alpha value is -1.32. The van der Waals surface area contributed by atoms with Crippen molar-refractivity contribution in [1.82, 2.24) is 4.90 Å². The zero-order chi connectivity index (χ0) is 19.5. The number of carbonyl (C=O) groups excluding carboxylic acids is 2. The minimum Gasteiger partial charge on any atom is -0.509 e. The number of hydrogen-bond donors (Lipinski definition) is 1. The predicted octanol–water partition coefficient (Wildman–Crippen LogP) is 5.57. The number of unbranched alkanes of at least 4 members (excludes halogenated alkanes) is 7. The van der Waals surface area contributed by atoms with E-state index in [-0.39, 0.29) is 29.1 Å². The minimum atomic E-state index is -0.387. The first kappa shape index (κ1) is 22.7. The zero-order valence-electron chi connectivity index (χ0n) is 17.4. The second-order valence-corrected chi connectivity index (χ2v) is 8.04. The summed E-state index contributed by atoms with van der Waals surface area (Å²) in [6.45, 7) is 6.23. The van der Waals surface area contributed by atoms with Gasteiger partial charge in [0.05, 0.1) is 6.04 Å². The molecule has 0 saturated heterocycles. The fourth-order valence-corrected chi connectivity index (χ4v) is 3.62. The molecule has 1 aliphatic rings. The first-order valence-electron chi connectivity index (χ1n) is 10.6. The molecule has 2 unspecified atom stereocenters. The topological polar surface area (TPSA) is 57.6 Å². The lowest BCUT2D eigenvalue weighted by Gasteiger charge is -2.14. The highest BCUT2D eigenvalue weighted by atomic mass is 16.3. The molecule has 0 aromatic heterocycles. The highest BCUT2D eigenvalue weighted by molar-refractivity contribution is 6.21. The number of Topliss-reactive ketones (excluding diaryl/α,β-unsaturated/α-hetero) is 1. The SMILES string of the molecule is CCCCCCCCCCC(C)CCCC(=O)C1=C(O)C(C)N(C)C1=O. The van der Waals surface area contributed by atoms with Crippen LogP contribution < -0.4 is 0 Å². The molecule has 0 saturated carbocycles. The van der Waals surface area contributed by atoms with Crippen LogP contribution in [0.1, 0.15) is 97.8 Å². The predicted molar refractivity (Wildman–Crippen MR) is 107 cm³/mol. The van der Waals surface area contributed by atoms with Gasteiger partial charge in [-0.05, 0) is 19.3 Å². The summed E-state index contributed by atoms with van der Waals surface area (Å²) < 4.78 is 0. The van der Waals surface area contributed by atoms with Crippen molar-refractivity contribution >= 4 is 11.7 Å². The van der Waals surface area contributed by atoms with Gasteiger partial charge in [0, 0.05) is 13.5 Å². The standard InChI is InChI=1S/C22H39NO3/c1-5-6-7-8-9-10-11-12-14-17(2)15-13-16-19(24)20-21(25)18(3)23(4)22(20)26/h17-18,25H,5-16H2,1-4H3. The lowest BCUT2D eigenvalue weighted by molar-refractivity contribution is -0.128. The van der Waals surface area contributed by atoms with E-state index < -0.39 is 0 Å². The van der Waals surface area contributed by atoms with Gasteiger partial charge in [-0.3, -0.25) is 9.59 Å². The van der Waals surface area contributed by atoms with Gasteiger partial charge in [0.15, 0.2) is 5.78 Å². The molecule has 1 rings (SSSR count). The Morgan fingerprint density at radius 2 is 1.58 bits per heavy atom. The molecule has 4 nitrogen and oxygen atoms in total. The average Bonchev–Trinajstić information content (AvgIpc) is 2.80. The van der Waals surface area contributed by atoms with E-state index in [4.69, 9.17) is 0 Å². The number of rotatable bonds is 14. The van der Waals surface area contributed by atoms with Crippen molar-refractivity contribution in [3.05, 3.63) is 11.3 Å². The van der Waals surface area contributed by atoms with Crippen LogP contribution in [0.3, 0.4) is 0 Å². The third-order valence-corrected chi connectivity index (χ3v) is 5.70. The molecular formula is C22H39NO3. The summed E-state index contributed by atoms with van der Waals surface area (Å²) in [6.07, 6.45) is 14.1. The highest BCUT2D eigenvalue weighted by Gasteiger charge is 2.37. The third-order valence-electron chi connectivity index (χ3n) is 5.70. The van der Waals surface area contributed by atoms with Gasteiger partial charge in [-0.15, -0.1) is 0 Å². The van der Waals surface area contributed by atoms with Crippen LogP contribution in [0.15, 0.2) is 11.3 Å². The van der Waals surface area contributed by atoms with E-state index in [2.05, 4.69) is 13.8 Å². The summed E-state index contributed by atoms with van der Waals surface area (Å²) >= 11 is 0. The van der Waals surface area contributed by atoms with Crippen molar-refractivity contribution in [2.24, 2.45) is 5.92 Å². The summed E-state index contributed by atoms with van der Waals surface area (Å²) in [6, 6.07) is -0.387. The average molecular weight is 366 g/mol. The van der Waals surface area contributed by atoms with Crippen molar-refractivity contribution in [2.75, 3.05) is 7.05 Å². The number of likely N-dealkylation sites (N-methyl/N-ethyl adjacent to an activating group) is 1. The van der Waals surface area contributed by atoms with Crippen molar-refractivity contribution < 1.29 is 14.7 Å². The fraction of sp³-hybridized carbons (Fsp3) is 0.818. The second kappa shape index (κ2) is 12.1. The van der Waals surface area contributed by atoms with Crippen molar-refractivity contribution in [3.8, 4) is 0 Å². The zero-order valence-corrected chi connectivity index (χ0v) is 17.4. The van der Waals surface area contributed by atoms with Gasteiger partial charge in [-0.25, -0.2) is 0 Å². The summed E-state index contributed by atoms with van der Waals surface area (Å²) in [5.41, 5.74) is 0.00993. The van der Waals surface area contributed by atoms with Gasteiger partial charge < -0.3 is 10.0 Å². The van der Waals surface area contributed by atoms with Crippen LogP contribution in [0.25, 0.3) is 0 Å². The van der Waals surface area contributed by atoms with Crippen molar-refractivity contribution in [3.63, 3.8) is 0 Å². The van der Waals surface area contributed by atoms with E-state index in [9.17, 15) is 14.7 Å². The van der Waals surface area contributed by atoms with Crippen molar-refractivity contribution in [2.45, 2.75) is 104 Å². The molecule has 26 heavy (non-hydrogen) atoms. The second-order valence-electron chi connectivity index (χ2n) is 8.04. The molecule has 0 aromatic rings. The number of ketones is 1. The summed E-state index contributed by atoms with van der Waals surface area (Å²) in [4.78, 5) is 25.7. The Balaban J connectivity index is 2.13. The van der Waals surface area contributed by atoms with Crippen LogP contribution in [0.5, 0.6) is 0 Å². The van der Waals surface area contributed by atoms with Gasteiger partial charge in [0.1, 0.15) is 11.3 Å². The first-order chi connectivity index (χ1) is 12.4. The maximum absolute atomic E-state index is 12.3. The molecule has 1 N–H and O–H groups in total. The molecule has 1 aliphatic heterocycles. The summed E-state index contributed by atoms with van der Waals surface area (Å²) in [7, 11) is 1.62. The van der Waals surface area contributed by atoms with E-state index in [0.717, 1.165) is 12.8 Å². The fourth-order valence-electron chi connectivity index (χ4n) is 3.62. The monoisotopic (exact) mass is 365 g/mol. The number of amides is 1. The van der Waals surface area contributed by atoms with Crippen LogP contribution in [0.2, 0.25) is 0 Å². The molecule has 0 aliphatic carbocycles. The Bertz CT molecular complexity index is 484. The van der Waals surface area contributed by atoms with Gasteiger partial charge in [0.2, 0.25) is 0 Å².